The van der Waals surface area contributed by atoms with E-state index in [9.17, 15) is 4.79 Å². The van der Waals surface area contributed by atoms with Gasteiger partial charge in [-0.1, -0.05) is 23.7 Å². The molecule has 1 aliphatic heterocycles. The number of amides is 1. The number of hydrogen-bond donors (Lipinski definition) is 2. The van der Waals surface area contributed by atoms with Gasteiger partial charge in [-0.2, -0.15) is 0 Å². The van der Waals surface area contributed by atoms with Crippen LogP contribution in [0.4, 0.5) is 0 Å². The van der Waals surface area contributed by atoms with Crippen LogP contribution in [0.5, 0.6) is 0 Å². The fourth-order valence-corrected chi connectivity index (χ4v) is 5.16. The zero-order chi connectivity index (χ0) is 21.6. The van der Waals surface area contributed by atoms with E-state index in [1.807, 2.05) is 18.2 Å². The molecule has 2 aromatic carbocycles. The number of rotatable bonds is 4. The zero-order valence-corrected chi connectivity index (χ0v) is 18.9. The molecule has 31 heavy (non-hydrogen) atoms. The summed E-state index contributed by atoms with van der Waals surface area (Å²) in [5, 5.41) is 5.09. The van der Waals surface area contributed by atoms with E-state index < -0.39 is 0 Å². The van der Waals surface area contributed by atoms with Crippen molar-refractivity contribution in [1.82, 2.24) is 10.3 Å². The molecular weight excluding hydrogens is 408 g/mol. The molecule has 1 fully saturated rings. The summed E-state index contributed by atoms with van der Waals surface area (Å²) in [6, 6.07) is 14.1. The zero-order valence-electron chi connectivity index (χ0n) is 18.1. The van der Waals surface area contributed by atoms with E-state index >= 15 is 0 Å². The number of halogens is 1. The maximum absolute atomic E-state index is 12.6. The summed E-state index contributed by atoms with van der Waals surface area (Å²) in [5.41, 5.74) is 5.73. The maximum atomic E-state index is 12.6. The molecular formula is C26H29ClN2O2. The Balaban J connectivity index is 1.25. The minimum absolute atomic E-state index is 0.0104. The van der Waals surface area contributed by atoms with Gasteiger partial charge >= 0.3 is 0 Å². The molecule has 4 nitrogen and oxygen atoms in total. The first-order valence-corrected chi connectivity index (χ1v) is 11.6. The van der Waals surface area contributed by atoms with Crippen LogP contribution in [0.15, 0.2) is 42.5 Å². The Morgan fingerprint density at radius 2 is 2.00 bits per heavy atom. The molecule has 162 valence electrons. The molecule has 2 atom stereocenters. The van der Waals surface area contributed by atoms with E-state index in [1.54, 1.807) is 0 Å². The molecule has 0 radical (unpaired) electrons. The van der Waals surface area contributed by atoms with Gasteiger partial charge in [0.1, 0.15) is 0 Å². The number of fused-ring (bicyclic) bond motifs is 3. The summed E-state index contributed by atoms with van der Waals surface area (Å²) in [6.45, 7) is 5.63. The second-order valence-electron chi connectivity index (χ2n) is 9.61. The first kappa shape index (κ1) is 20.6. The lowest BCUT2D eigenvalue weighted by molar-refractivity contribution is -0.0754. The smallest absolute Gasteiger partial charge is 0.251 e. The van der Waals surface area contributed by atoms with E-state index in [2.05, 4.69) is 48.4 Å². The van der Waals surface area contributed by atoms with E-state index in [0.29, 0.717) is 30.6 Å². The SMILES string of the molecule is CC1(C)CCC(CNC(=O)c2ccc(C3CCc4c3[nH]c3ccc(Cl)cc43)cc2)CO1. The molecule has 0 spiro atoms. The summed E-state index contributed by atoms with van der Waals surface area (Å²) >= 11 is 6.21. The van der Waals surface area contributed by atoms with Crippen LogP contribution in [0.1, 0.15) is 66.2 Å². The molecule has 1 amide bonds. The molecule has 2 aliphatic rings. The van der Waals surface area contributed by atoms with Gasteiger partial charge in [-0.15, -0.1) is 0 Å². The van der Waals surface area contributed by atoms with Gasteiger partial charge in [0.05, 0.1) is 12.2 Å². The average Bonchev–Trinajstić information content (AvgIpc) is 3.32. The summed E-state index contributed by atoms with van der Waals surface area (Å²) in [6.07, 6.45) is 4.24. The van der Waals surface area contributed by atoms with Crippen LogP contribution in [0, 0.1) is 5.92 Å². The van der Waals surface area contributed by atoms with Crippen molar-refractivity contribution in [3.05, 3.63) is 69.9 Å². The van der Waals surface area contributed by atoms with Crippen molar-refractivity contribution < 1.29 is 9.53 Å². The number of carbonyl (C=O) groups excluding carboxylic acids is 1. The van der Waals surface area contributed by atoms with Crippen LogP contribution in [-0.4, -0.2) is 29.6 Å². The van der Waals surface area contributed by atoms with Crippen molar-refractivity contribution in [3.63, 3.8) is 0 Å². The first-order valence-electron chi connectivity index (χ1n) is 11.2. The Morgan fingerprint density at radius 1 is 1.19 bits per heavy atom. The molecule has 2 heterocycles. The highest BCUT2D eigenvalue weighted by molar-refractivity contribution is 6.31. The topological polar surface area (TPSA) is 54.1 Å². The monoisotopic (exact) mass is 436 g/mol. The van der Waals surface area contributed by atoms with Gasteiger partial charge in [0.25, 0.3) is 5.91 Å². The van der Waals surface area contributed by atoms with Crippen LogP contribution in [0.3, 0.4) is 0 Å². The number of aromatic amines is 1. The number of benzene rings is 2. The van der Waals surface area contributed by atoms with Crippen molar-refractivity contribution in [2.45, 2.75) is 51.0 Å². The third-order valence-corrected chi connectivity index (χ3v) is 7.16. The lowest BCUT2D eigenvalue weighted by atomic mass is 9.91. The molecule has 1 saturated heterocycles. The minimum Gasteiger partial charge on any atom is -0.375 e. The molecule has 5 rings (SSSR count). The van der Waals surface area contributed by atoms with Gasteiger partial charge in [0, 0.05) is 39.6 Å². The fraction of sp³-hybridized carbons (Fsp3) is 0.423. The lowest BCUT2D eigenvalue weighted by Gasteiger charge is -2.34. The summed E-state index contributed by atoms with van der Waals surface area (Å²) in [5.74, 6) is 0.716. The number of hydrogen-bond acceptors (Lipinski definition) is 2. The summed E-state index contributed by atoms with van der Waals surface area (Å²) in [7, 11) is 0. The third-order valence-electron chi connectivity index (χ3n) is 6.92. The van der Waals surface area contributed by atoms with Crippen molar-refractivity contribution in [2.75, 3.05) is 13.2 Å². The number of ether oxygens (including phenoxy) is 1. The molecule has 3 aromatic rings. The fourth-order valence-electron chi connectivity index (χ4n) is 4.99. The van der Waals surface area contributed by atoms with Crippen molar-refractivity contribution in [1.29, 1.82) is 0 Å². The standard InChI is InChI=1S/C26H29ClN2O2/c1-26(2)12-11-16(15-31-26)14-28-25(30)18-5-3-17(4-6-18)20-8-9-21-22-13-19(27)7-10-23(22)29-24(20)21/h3-7,10,13,16,20,29H,8-9,11-12,14-15H2,1-2H3,(H,28,30). The Kier molecular flexibility index (Phi) is 5.31. The van der Waals surface area contributed by atoms with Gasteiger partial charge in [0.2, 0.25) is 0 Å². The largest absolute Gasteiger partial charge is 0.375 e. The number of nitrogens with one attached hydrogen (secondary N) is 2. The molecule has 2 N–H and O–H groups in total. The maximum Gasteiger partial charge on any atom is 0.251 e. The highest BCUT2D eigenvalue weighted by atomic mass is 35.5. The van der Waals surface area contributed by atoms with Crippen LogP contribution < -0.4 is 5.32 Å². The molecule has 0 bridgehead atoms. The van der Waals surface area contributed by atoms with Crippen molar-refractivity contribution in [2.24, 2.45) is 5.92 Å². The normalized spacial score (nSPS) is 22.4. The van der Waals surface area contributed by atoms with Crippen molar-refractivity contribution in [3.8, 4) is 0 Å². The number of carbonyl (C=O) groups is 1. The molecule has 1 aliphatic carbocycles. The van der Waals surface area contributed by atoms with Crippen molar-refractivity contribution >= 4 is 28.4 Å². The quantitative estimate of drug-likeness (QED) is 0.540. The van der Waals surface area contributed by atoms with Gasteiger partial charge in [-0.3, -0.25) is 4.79 Å². The van der Waals surface area contributed by atoms with Gasteiger partial charge < -0.3 is 15.0 Å². The predicted molar refractivity (Wildman–Crippen MR) is 125 cm³/mol. The lowest BCUT2D eigenvalue weighted by Crippen LogP contribution is -2.39. The van der Waals surface area contributed by atoms with Crippen LogP contribution in [0.25, 0.3) is 10.9 Å². The highest BCUT2D eigenvalue weighted by Gasteiger charge is 2.29. The molecule has 2 unspecified atom stereocenters. The Labute approximate surface area is 188 Å². The molecule has 1 aromatic heterocycles. The van der Waals surface area contributed by atoms with E-state index in [1.165, 1.54) is 22.2 Å². The van der Waals surface area contributed by atoms with E-state index in [4.69, 9.17) is 16.3 Å². The summed E-state index contributed by atoms with van der Waals surface area (Å²) < 4.78 is 5.88. The first-order chi connectivity index (χ1) is 14.9. The molecule has 5 heteroatoms. The highest BCUT2D eigenvalue weighted by Crippen LogP contribution is 2.41. The number of H-pyrrole nitrogens is 1. The predicted octanol–water partition coefficient (Wildman–Crippen LogP) is 5.83. The number of aryl methyl sites for hydroxylation is 1. The van der Waals surface area contributed by atoms with Crippen LogP contribution >= 0.6 is 11.6 Å². The van der Waals surface area contributed by atoms with E-state index in [-0.39, 0.29) is 11.5 Å². The van der Waals surface area contributed by atoms with Gasteiger partial charge in [0.15, 0.2) is 0 Å². The van der Waals surface area contributed by atoms with Gasteiger partial charge in [-0.05, 0) is 86.9 Å². The molecule has 0 saturated carbocycles. The van der Waals surface area contributed by atoms with Crippen LogP contribution in [-0.2, 0) is 11.2 Å². The Morgan fingerprint density at radius 3 is 2.74 bits per heavy atom. The second-order valence-corrected chi connectivity index (χ2v) is 10.0. The Hall–Kier alpha value is -2.30. The average molecular weight is 437 g/mol. The van der Waals surface area contributed by atoms with Gasteiger partial charge in [-0.25, -0.2) is 0 Å². The third kappa shape index (κ3) is 4.11. The minimum atomic E-state index is -0.0340. The Bertz CT molecular complexity index is 1110. The summed E-state index contributed by atoms with van der Waals surface area (Å²) in [4.78, 5) is 16.2. The van der Waals surface area contributed by atoms with E-state index in [0.717, 1.165) is 36.2 Å². The van der Waals surface area contributed by atoms with Crippen LogP contribution in [0.2, 0.25) is 5.02 Å². The number of aromatic nitrogens is 1. The second kappa shape index (κ2) is 7.99.